The predicted octanol–water partition coefficient (Wildman–Crippen LogP) is 2.62. The van der Waals surface area contributed by atoms with Gasteiger partial charge in [0.25, 0.3) is 0 Å². The van der Waals surface area contributed by atoms with Crippen LogP contribution in [0.15, 0.2) is 5.18 Å². The van der Waals surface area contributed by atoms with Crippen LogP contribution in [0, 0.1) is 4.91 Å². The van der Waals surface area contributed by atoms with Crippen molar-refractivity contribution in [1.29, 1.82) is 0 Å². The molecule has 15 heavy (non-hydrogen) atoms. The zero-order valence-corrected chi connectivity index (χ0v) is 9.41. The summed E-state index contributed by atoms with van der Waals surface area (Å²) in [5.74, 6) is 0. The van der Waals surface area contributed by atoms with E-state index in [4.69, 9.17) is 0 Å². The lowest BCUT2D eigenvalue weighted by Gasteiger charge is -2.01. The number of amides is 1. The molecule has 0 unspecified atom stereocenters. The van der Waals surface area contributed by atoms with Crippen LogP contribution in [0.5, 0.6) is 0 Å². The Morgan fingerprint density at radius 3 is 1.93 bits per heavy atom. The number of rotatable bonds is 12. The number of carbonyl (C=O) groups is 1. The Morgan fingerprint density at radius 2 is 1.40 bits per heavy atom. The molecule has 0 bridgehead atoms. The van der Waals surface area contributed by atoms with E-state index in [1.54, 1.807) is 0 Å². The molecule has 0 saturated heterocycles. The molecule has 0 atom stereocenters. The van der Waals surface area contributed by atoms with Gasteiger partial charge in [-0.05, 0) is 12.8 Å². The summed E-state index contributed by atoms with van der Waals surface area (Å²) in [5, 5.41) is 5.48. The molecule has 0 fully saturated rings. The monoisotopic (exact) mass is 214 g/mol. The van der Waals surface area contributed by atoms with E-state index in [0.29, 0.717) is 6.54 Å². The Labute approximate surface area is 91.8 Å². The summed E-state index contributed by atoms with van der Waals surface area (Å²) < 4.78 is 0. The average Bonchev–Trinajstić information content (AvgIpc) is 2.26. The van der Waals surface area contributed by atoms with E-state index in [1.165, 1.54) is 32.1 Å². The van der Waals surface area contributed by atoms with Crippen LogP contribution in [0.3, 0.4) is 0 Å². The number of nitrogens with one attached hydrogen (secondary N) is 1. The standard InChI is InChI=1S/C11H22N2O2/c14-11-12-9-7-5-3-1-2-4-6-8-10-13-15/h11H,1-10H2,(H,12,14). The molecule has 0 spiro atoms. The van der Waals surface area contributed by atoms with Gasteiger partial charge in [-0.15, -0.1) is 0 Å². The van der Waals surface area contributed by atoms with Gasteiger partial charge in [-0.2, -0.15) is 4.91 Å². The molecule has 0 aliphatic carbocycles. The molecule has 0 radical (unpaired) electrons. The molecule has 0 aromatic heterocycles. The fourth-order valence-corrected chi connectivity index (χ4v) is 1.52. The summed E-state index contributed by atoms with van der Waals surface area (Å²) in [6.07, 6.45) is 10.0. The summed E-state index contributed by atoms with van der Waals surface area (Å²) in [6, 6.07) is 0. The number of nitroso groups, excluding NO2 is 1. The summed E-state index contributed by atoms with van der Waals surface area (Å²) in [4.78, 5) is 19.7. The van der Waals surface area contributed by atoms with Gasteiger partial charge in [0.2, 0.25) is 6.41 Å². The normalized spacial score (nSPS) is 9.87. The fraction of sp³-hybridized carbons (Fsp3) is 0.909. The Hall–Kier alpha value is -0.930. The number of hydrogen-bond acceptors (Lipinski definition) is 3. The molecule has 1 N–H and O–H groups in total. The largest absolute Gasteiger partial charge is 0.359 e. The summed E-state index contributed by atoms with van der Waals surface area (Å²) in [7, 11) is 0. The fourth-order valence-electron chi connectivity index (χ4n) is 1.52. The maximum absolute atomic E-state index is 9.92. The van der Waals surface area contributed by atoms with Crippen molar-refractivity contribution in [2.24, 2.45) is 5.18 Å². The Bertz CT molecular complexity index is 136. The van der Waals surface area contributed by atoms with Crippen LogP contribution in [0.2, 0.25) is 0 Å². The quantitative estimate of drug-likeness (QED) is 0.308. The van der Waals surface area contributed by atoms with Gasteiger partial charge in [-0.3, -0.25) is 4.79 Å². The molecule has 0 aromatic rings. The molecule has 4 heteroatoms. The van der Waals surface area contributed by atoms with Gasteiger partial charge in [-0.1, -0.05) is 43.7 Å². The first-order chi connectivity index (χ1) is 7.41. The van der Waals surface area contributed by atoms with Crippen molar-refractivity contribution in [2.45, 2.75) is 51.4 Å². The van der Waals surface area contributed by atoms with Gasteiger partial charge in [0.05, 0.1) is 6.54 Å². The smallest absolute Gasteiger partial charge is 0.207 e. The highest BCUT2D eigenvalue weighted by molar-refractivity contribution is 5.45. The van der Waals surface area contributed by atoms with E-state index in [-0.39, 0.29) is 0 Å². The lowest BCUT2D eigenvalue weighted by molar-refractivity contribution is -0.109. The van der Waals surface area contributed by atoms with Crippen molar-refractivity contribution < 1.29 is 4.79 Å². The number of unbranched alkanes of at least 4 members (excludes halogenated alkanes) is 7. The molecule has 0 rings (SSSR count). The summed E-state index contributed by atoms with van der Waals surface area (Å²) in [5.41, 5.74) is 0. The molecule has 0 aliphatic rings. The molecular formula is C11H22N2O2. The van der Waals surface area contributed by atoms with Crippen LogP contribution in [-0.2, 0) is 4.79 Å². The summed E-state index contributed by atoms with van der Waals surface area (Å²) in [6.45, 7) is 1.27. The third-order valence-corrected chi connectivity index (χ3v) is 2.40. The topological polar surface area (TPSA) is 58.5 Å². The molecule has 0 aliphatic heterocycles. The third kappa shape index (κ3) is 13.1. The zero-order chi connectivity index (χ0) is 11.2. The highest BCUT2D eigenvalue weighted by Crippen LogP contribution is 2.08. The Balaban J connectivity index is 2.86. The van der Waals surface area contributed by atoms with Crippen molar-refractivity contribution in [3.05, 3.63) is 4.91 Å². The van der Waals surface area contributed by atoms with Crippen LogP contribution in [0.1, 0.15) is 51.4 Å². The van der Waals surface area contributed by atoms with Gasteiger partial charge in [0.15, 0.2) is 0 Å². The van der Waals surface area contributed by atoms with E-state index < -0.39 is 0 Å². The molecule has 0 aromatic carbocycles. The van der Waals surface area contributed by atoms with Crippen LogP contribution in [0.25, 0.3) is 0 Å². The Morgan fingerprint density at radius 1 is 0.867 bits per heavy atom. The second-order valence-corrected chi connectivity index (χ2v) is 3.75. The maximum atomic E-state index is 9.92. The molecular weight excluding hydrogens is 192 g/mol. The number of carbonyl (C=O) groups excluding carboxylic acids is 1. The predicted molar refractivity (Wildman–Crippen MR) is 61.7 cm³/mol. The third-order valence-electron chi connectivity index (χ3n) is 2.40. The summed E-state index contributed by atoms with van der Waals surface area (Å²) >= 11 is 0. The SMILES string of the molecule is O=CNCCCCCCCCCCN=O. The van der Waals surface area contributed by atoms with Crippen LogP contribution < -0.4 is 5.32 Å². The number of hydrogen-bond donors (Lipinski definition) is 1. The van der Waals surface area contributed by atoms with Crippen molar-refractivity contribution in [2.75, 3.05) is 13.1 Å². The minimum Gasteiger partial charge on any atom is -0.359 e. The number of nitrogens with zero attached hydrogens (tertiary/aromatic N) is 1. The van der Waals surface area contributed by atoms with E-state index in [1.807, 2.05) is 0 Å². The second kappa shape index (κ2) is 13.1. The molecule has 0 heterocycles. The lowest BCUT2D eigenvalue weighted by Crippen LogP contribution is -2.11. The highest BCUT2D eigenvalue weighted by atomic mass is 16.3. The van der Waals surface area contributed by atoms with E-state index in [9.17, 15) is 9.70 Å². The van der Waals surface area contributed by atoms with E-state index >= 15 is 0 Å². The van der Waals surface area contributed by atoms with Crippen molar-refractivity contribution >= 4 is 6.41 Å². The first-order valence-electron chi connectivity index (χ1n) is 5.88. The maximum Gasteiger partial charge on any atom is 0.207 e. The molecule has 0 saturated carbocycles. The molecule has 88 valence electrons. The van der Waals surface area contributed by atoms with E-state index in [0.717, 1.165) is 32.2 Å². The first kappa shape index (κ1) is 14.1. The van der Waals surface area contributed by atoms with Gasteiger partial charge in [0, 0.05) is 6.54 Å². The van der Waals surface area contributed by atoms with Crippen molar-refractivity contribution in [1.82, 2.24) is 5.32 Å². The zero-order valence-electron chi connectivity index (χ0n) is 9.41. The minimum absolute atomic E-state index is 0.470. The van der Waals surface area contributed by atoms with Crippen LogP contribution >= 0.6 is 0 Å². The van der Waals surface area contributed by atoms with Gasteiger partial charge >= 0.3 is 0 Å². The van der Waals surface area contributed by atoms with Gasteiger partial charge in [0.1, 0.15) is 0 Å². The van der Waals surface area contributed by atoms with Crippen LogP contribution in [0.4, 0.5) is 0 Å². The van der Waals surface area contributed by atoms with Crippen LogP contribution in [-0.4, -0.2) is 19.5 Å². The highest BCUT2D eigenvalue weighted by Gasteiger charge is 1.92. The minimum atomic E-state index is 0.470. The van der Waals surface area contributed by atoms with Gasteiger partial charge < -0.3 is 5.32 Å². The molecule has 4 nitrogen and oxygen atoms in total. The van der Waals surface area contributed by atoms with Gasteiger partial charge in [-0.25, -0.2) is 0 Å². The molecule has 1 amide bonds. The van der Waals surface area contributed by atoms with Crippen molar-refractivity contribution in [3.8, 4) is 0 Å². The van der Waals surface area contributed by atoms with E-state index in [2.05, 4.69) is 10.5 Å². The second-order valence-electron chi connectivity index (χ2n) is 3.75. The Kier molecular flexibility index (Phi) is 12.3. The average molecular weight is 214 g/mol. The lowest BCUT2D eigenvalue weighted by atomic mass is 10.1. The van der Waals surface area contributed by atoms with Crippen molar-refractivity contribution in [3.63, 3.8) is 0 Å². The first-order valence-corrected chi connectivity index (χ1v) is 5.88.